The predicted molar refractivity (Wildman–Crippen MR) is 123 cm³/mol. The first-order valence-corrected chi connectivity index (χ1v) is 11.5. The number of benzene rings is 1. The van der Waals surface area contributed by atoms with Crippen molar-refractivity contribution in [2.75, 3.05) is 22.9 Å². The molecule has 0 bridgehead atoms. The van der Waals surface area contributed by atoms with Crippen LogP contribution in [0.3, 0.4) is 0 Å². The zero-order valence-corrected chi connectivity index (χ0v) is 17.8. The van der Waals surface area contributed by atoms with Gasteiger partial charge in [-0.25, -0.2) is 9.88 Å². The van der Waals surface area contributed by atoms with Crippen molar-refractivity contribution < 1.29 is 4.79 Å². The number of anilines is 2. The smallest absolute Gasteiger partial charge is 0.273 e. The highest BCUT2D eigenvalue weighted by molar-refractivity contribution is 8.19. The molecule has 152 valence electrons. The van der Waals surface area contributed by atoms with E-state index in [1.165, 1.54) is 41.2 Å². The molecule has 2 aliphatic heterocycles. The fourth-order valence-corrected chi connectivity index (χ4v) is 5.29. The van der Waals surface area contributed by atoms with Crippen molar-refractivity contribution in [3.05, 3.63) is 52.5 Å². The number of thiazole rings is 1. The normalized spacial score (nSPS) is 18.6. The third kappa shape index (κ3) is 3.54. The predicted octanol–water partition coefficient (Wildman–Crippen LogP) is 4.58. The lowest BCUT2D eigenvalue weighted by atomic mass is 10.1. The van der Waals surface area contributed by atoms with Gasteiger partial charge in [0.1, 0.15) is 0 Å². The first kappa shape index (κ1) is 19.1. The zero-order chi connectivity index (χ0) is 20.5. The van der Waals surface area contributed by atoms with Gasteiger partial charge >= 0.3 is 0 Å². The summed E-state index contributed by atoms with van der Waals surface area (Å²) in [6, 6.07) is 8.47. The number of amidine groups is 1. The second kappa shape index (κ2) is 8.08. The summed E-state index contributed by atoms with van der Waals surface area (Å²) >= 11 is 2.48. The average molecular weight is 437 g/mol. The molecule has 2 aromatic heterocycles. The Bertz CT molecular complexity index is 1100. The van der Waals surface area contributed by atoms with Gasteiger partial charge in [-0.3, -0.25) is 15.3 Å². The number of thioether (sulfide) groups is 1. The molecule has 0 radical (unpaired) electrons. The maximum absolute atomic E-state index is 12.8. The molecule has 3 aromatic rings. The maximum atomic E-state index is 12.8. The van der Waals surface area contributed by atoms with E-state index in [2.05, 4.69) is 44.3 Å². The number of nitrogens with zero attached hydrogens (tertiary/aromatic N) is 4. The lowest BCUT2D eigenvalue weighted by molar-refractivity contribution is -0.113. The van der Waals surface area contributed by atoms with Crippen molar-refractivity contribution in [3.8, 4) is 11.3 Å². The summed E-state index contributed by atoms with van der Waals surface area (Å²) in [5.41, 5.74) is 3.94. The molecule has 0 aliphatic carbocycles. The van der Waals surface area contributed by atoms with Gasteiger partial charge in [0.05, 0.1) is 16.8 Å². The summed E-state index contributed by atoms with van der Waals surface area (Å²) < 4.78 is 0. The summed E-state index contributed by atoms with van der Waals surface area (Å²) in [5, 5.41) is 17.9. The lowest BCUT2D eigenvalue weighted by Gasteiger charge is -2.28. The lowest BCUT2D eigenvalue weighted by Crippen LogP contribution is -2.29. The van der Waals surface area contributed by atoms with Crippen LogP contribution in [0.2, 0.25) is 0 Å². The number of hydrogen-bond donors (Lipinski definition) is 2. The number of H-pyrrole nitrogens is 1. The van der Waals surface area contributed by atoms with Crippen molar-refractivity contribution in [2.45, 2.75) is 19.3 Å². The highest BCUT2D eigenvalue weighted by atomic mass is 32.2. The van der Waals surface area contributed by atoms with Gasteiger partial charge in [0, 0.05) is 41.5 Å². The Labute approximate surface area is 182 Å². The molecule has 0 unspecified atom stereocenters. The molecular formula is C21H20N6OS2. The fourth-order valence-electron chi connectivity index (χ4n) is 3.76. The average Bonchev–Trinajstić information content (AvgIpc) is 3.51. The summed E-state index contributed by atoms with van der Waals surface area (Å²) in [4.78, 5) is 21.3. The van der Waals surface area contributed by atoms with Crippen LogP contribution in [0.1, 0.15) is 24.8 Å². The Kier molecular flexibility index (Phi) is 5.14. The van der Waals surface area contributed by atoms with Crippen LogP contribution in [0, 0.1) is 5.41 Å². The van der Waals surface area contributed by atoms with E-state index in [1.54, 1.807) is 23.8 Å². The Morgan fingerprint density at radius 1 is 1.13 bits per heavy atom. The first-order chi connectivity index (χ1) is 14.7. The molecule has 0 atom stereocenters. The number of nitrogens with one attached hydrogen (secondary N) is 2. The van der Waals surface area contributed by atoms with Crippen molar-refractivity contribution in [1.29, 1.82) is 5.41 Å². The molecule has 2 saturated heterocycles. The van der Waals surface area contributed by atoms with Crippen LogP contribution in [0.4, 0.5) is 10.8 Å². The van der Waals surface area contributed by atoms with Crippen LogP contribution < -0.4 is 9.80 Å². The minimum atomic E-state index is -0.229. The molecule has 7 nitrogen and oxygen atoms in total. The van der Waals surface area contributed by atoms with Crippen LogP contribution >= 0.6 is 23.1 Å². The molecule has 0 saturated carbocycles. The van der Waals surface area contributed by atoms with Gasteiger partial charge in [0.2, 0.25) is 0 Å². The minimum Gasteiger partial charge on any atom is -0.372 e. The van der Waals surface area contributed by atoms with Gasteiger partial charge in [-0.2, -0.15) is 5.10 Å². The second-order valence-electron chi connectivity index (χ2n) is 7.17. The Hall–Kier alpha value is -2.91. The van der Waals surface area contributed by atoms with Crippen LogP contribution in [-0.2, 0) is 4.79 Å². The Morgan fingerprint density at radius 3 is 2.67 bits per heavy atom. The van der Waals surface area contributed by atoms with Gasteiger partial charge in [-0.05, 0) is 49.2 Å². The number of aromatic nitrogens is 3. The number of rotatable bonds is 4. The van der Waals surface area contributed by atoms with E-state index in [9.17, 15) is 4.79 Å². The van der Waals surface area contributed by atoms with E-state index in [-0.39, 0.29) is 11.1 Å². The molecular weight excluding hydrogens is 416 g/mol. The molecule has 2 N–H and O–H groups in total. The third-order valence-corrected chi connectivity index (χ3v) is 6.91. The van der Waals surface area contributed by atoms with Gasteiger partial charge < -0.3 is 4.90 Å². The molecule has 30 heavy (non-hydrogen) atoms. The number of carbonyl (C=O) groups excluding carboxylic acids is 1. The van der Waals surface area contributed by atoms with Crippen molar-refractivity contribution in [3.63, 3.8) is 0 Å². The van der Waals surface area contributed by atoms with E-state index in [1.807, 2.05) is 0 Å². The van der Waals surface area contributed by atoms with E-state index in [4.69, 9.17) is 5.41 Å². The first-order valence-electron chi connectivity index (χ1n) is 9.81. The van der Waals surface area contributed by atoms with Gasteiger partial charge in [0.25, 0.3) is 5.91 Å². The van der Waals surface area contributed by atoms with E-state index in [0.717, 1.165) is 41.7 Å². The van der Waals surface area contributed by atoms with Crippen LogP contribution in [0.5, 0.6) is 0 Å². The Balaban J connectivity index is 1.40. The molecule has 5 rings (SSSR count). The molecule has 2 fully saturated rings. The number of carbonyl (C=O) groups is 1. The second-order valence-corrected chi connectivity index (χ2v) is 9.07. The zero-order valence-electron chi connectivity index (χ0n) is 16.2. The van der Waals surface area contributed by atoms with Gasteiger partial charge in [-0.1, -0.05) is 12.1 Å². The van der Waals surface area contributed by atoms with Crippen LogP contribution in [0.25, 0.3) is 17.3 Å². The molecule has 9 heteroatoms. The molecule has 1 aromatic carbocycles. The summed E-state index contributed by atoms with van der Waals surface area (Å²) in [6.07, 6.45) is 8.96. The summed E-state index contributed by atoms with van der Waals surface area (Å²) in [6.45, 7) is 2.23. The van der Waals surface area contributed by atoms with Crippen molar-refractivity contribution >= 4 is 51.1 Å². The molecule has 4 heterocycles. The van der Waals surface area contributed by atoms with Crippen molar-refractivity contribution in [2.24, 2.45) is 0 Å². The monoisotopic (exact) mass is 436 g/mol. The van der Waals surface area contributed by atoms with Crippen molar-refractivity contribution in [1.82, 2.24) is 15.2 Å². The molecule has 1 amide bonds. The number of amides is 1. The van der Waals surface area contributed by atoms with Gasteiger partial charge in [0.15, 0.2) is 10.3 Å². The summed E-state index contributed by atoms with van der Waals surface area (Å²) in [5.74, 6) is -0.229. The topological polar surface area (TPSA) is 89.0 Å². The SMILES string of the molecule is N=C1SC(=Cc2cn[nH]c2-c2ccc(N3CCCCC3)cc2)C(=O)N1c1nccs1. The van der Waals surface area contributed by atoms with Gasteiger partial charge in [-0.15, -0.1) is 11.3 Å². The van der Waals surface area contributed by atoms with E-state index >= 15 is 0 Å². The number of hydrogen-bond acceptors (Lipinski definition) is 7. The largest absolute Gasteiger partial charge is 0.372 e. The highest BCUT2D eigenvalue weighted by Gasteiger charge is 2.35. The highest BCUT2D eigenvalue weighted by Crippen LogP contribution is 2.37. The quantitative estimate of drug-likeness (QED) is 0.585. The van der Waals surface area contributed by atoms with E-state index < -0.39 is 0 Å². The number of aromatic amines is 1. The third-order valence-electron chi connectivity index (χ3n) is 5.27. The van der Waals surface area contributed by atoms with Crippen LogP contribution in [-0.4, -0.2) is 39.3 Å². The summed E-state index contributed by atoms with van der Waals surface area (Å²) in [7, 11) is 0. The Morgan fingerprint density at radius 2 is 1.93 bits per heavy atom. The number of piperidine rings is 1. The minimum absolute atomic E-state index is 0.164. The standard InChI is InChI=1S/C21H20N6OS2/c22-20-27(21-23-8-11-29-21)19(28)17(30-20)12-15-13-24-25-18(15)14-4-6-16(7-5-14)26-9-2-1-3-10-26/h4-8,11-13,22H,1-3,9-10H2,(H,24,25). The molecule has 0 spiro atoms. The fraction of sp³-hybridized carbons (Fsp3) is 0.238. The molecule has 2 aliphatic rings. The maximum Gasteiger partial charge on any atom is 0.273 e. The van der Waals surface area contributed by atoms with E-state index in [0.29, 0.717) is 10.0 Å². The van der Waals surface area contributed by atoms with Crippen LogP contribution in [0.15, 0.2) is 46.9 Å².